The molecule has 2 bridgehead atoms. The van der Waals surface area contributed by atoms with Gasteiger partial charge >= 0.3 is 10.4 Å². The van der Waals surface area contributed by atoms with Crippen LogP contribution in [0.4, 0.5) is 0 Å². The van der Waals surface area contributed by atoms with Gasteiger partial charge in [0.25, 0.3) is 0 Å². The third kappa shape index (κ3) is 6.12. The number of benzene rings is 1. The number of hydrogen-bond donors (Lipinski definition) is 2. The number of Topliss-reactive ketones (excluding diaryl/α,β-unsaturated/α-hetero) is 1. The fraction of sp³-hybridized carbons (Fsp3) is 0.571. The molecule has 1 aromatic rings. The van der Waals surface area contributed by atoms with Gasteiger partial charge in [-0.15, -0.1) is 0 Å². The van der Waals surface area contributed by atoms with Gasteiger partial charge in [-0.2, -0.15) is 8.42 Å². The highest BCUT2D eigenvalue weighted by Gasteiger charge is 2.63. The van der Waals surface area contributed by atoms with E-state index in [1.54, 1.807) is 12.1 Å². The van der Waals surface area contributed by atoms with Crippen LogP contribution in [-0.2, 0) is 19.4 Å². The van der Waals surface area contributed by atoms with Gasteiger partial charge in [-0.1, -0.05) is 32.9 Å². The summed E-state index contributed by atoms with van der Waals surface area (Å²) in [5, 5.41) is 9.31. The molecule has 0 aromatic heterocycles. The normalized spacial score (nSPS) is 26.0. The molecule has 164 valence electrons. The molecular formula is C21H33NO6S. The minimum Gasteiger partial charge on any atom is -0.508 e. The van der Waals surface area contributed by atoms with Crippen molar-refractivity contribution in [3.8, 4) is 5.75 Å². The fourth-order valence-corrected chi connectivity index (χ4v) is 3.84. The van der Waals surface area contributed by atoms with Crippen molar-refractivity contribution < 1.29 is 27.1 Å². The summed E-state index contributed by atoms with van der Waals surface area (Å²) in [6.45, 7) is 6.56. The van der Waals surface area contributed by atoms with Gasteiger partial charge in [0, 0.05) is 5.41 Å². The van der Waals surface area contributed by atoms with Crippen LogP contribution < -0.4 is 0 Å². The van der Waals surface area contributed by atoms with E-state index in [9.17, 15) is 18.3 Å². The van der Waals surface area contributed by atoms with E-state index in [4.69, 9.17) is 4.55 Å². The topological polar surface area (TPSA) is 104 Å². The first-order valence-corrected chi connectivity index (χ1v) is 10.7. The van der Waals surface area contributed by atoms with Crippen molar-refractivity contribution in [3.05, 3.63) is 35.4 Å². The molecule has 0 radical (unpaired) electrons. The molecule has 1 aromatic carbocycles. The monoisotopic (exact) mass is 427 g/mol. The predicted octanol–water partition coefficient (Wildman–Crippen LogP) is 3.41. The molecule has 2 aliphatic carbocycles. The standard InChI is InChI=1S/C17H20O2.C3H9N.CH4O4S/c1-16(2)14-8-9-17(16,3)15(19)13(14)10-11-4-6-12(18)7-5-11;1-4(2)3;1-5-6(2,3)4/h4-7,10,14,18H,8-9H2,1-3H3;1-3H3;1H3,(H,2,3,4). The smallest absolute Gasteiger partial charge is 0.397 e. The largest absolute Gasteiger partial charge is 0.508 e. The molecule has 2 atom stereocenters. The maximum atomic E-state index is 12.7. The molecule has 0 amide bonds. The third-order valence-electron chi connectivity index (χ3n) is 5.79. The molecular weight excluding hydrogens is 394 g/mol. The lowest BCUT2D eigenvalue weighted by molar-refractivity contribution is -0.125. The Bertz CT molecular complexity index is 840. The highest BCUT2D eigenvalue weighted by atomic mass is 32.3. The van der Waals surface area contributed by atoms with E-state index in [1.807, 2.05) is 44.3 Å². The summed E-state index contributed by atoms with van der Waals surface area (Å²) >= 11 is 0. The number of fused-ring (bicyclic) bond motifs is 2. The zero-order chi connectivity index (χ0) is 22.6. The number of carbonyl (C=O) groups is 1. The molecule has 2 fully saturated rings. The molecule has 2 N–H and O–H groups in total. The van der Waals surface area contributed by atoms with Gasteiger partial charge < -0.3 is 10.0 Å². The number of phenolic OH excluding ortho intramolecular Hbond substituents is 1. The van der Waals surface area contributed by atoms with Crippen LogP contribution in [0.5, 0.6) is 5.75 Å². The average molecular weight is 428 g/mol. The molecule has 7 nitrogen and oxygen atoms in total. The zero-order valence-corrected chi connectivity index (χ0v) is 19.1. The molecule has 0 spiro atoms. The third-order valence-corrected chi connectivity index (χ3v) is 6.21. The van der Waals surface area contributed by atoms with Gasteiger partial charge in [-0.05, 0) is 74.7 Å². The van der Waals surface area contributed by atoms with Crippen molar-refractivity contribution in [1.82, 2.24) is 4.90 Å². The Kier molecular flexibility index (Phi) is 8.18. The number of allylic oxidation sites excluding steroid dienone is 1. The SMILES string of the molecule is CC12CCC(C(=Cc3ccc(O)cc3)C1=O)C2(C)C.CN(C)C.COS(=O)(=O)O. The highest BCUT2D eigenvalue weighted by molar-refractivity contribution is 7.80. The quantitative estimate of drug-likeness (QED) is 0.550. The van der Waals surface area contributed by atoms with Crippen molar-refractivity contribution in [2.45, 2.75) is 33.6 Å². The van der Waals surface area contributed by atoms with Crippen molar-refractivity contribution >= 4 is 22.3 Å². The van der Waals surface area contributed by atoms with Gasteiger partial charge in [0.15, 0.2) is 5.78 Å². The molecule has 2 unspecified atom stereocenters. The average Bonchev–Trinajstić information content (AvgIpc) is 2.90. The minimum atomic E-state index is -4.16. The number of hydrogen-bond acceptors (Lipinski definition) is 6. The number of nitrogens with zero attached hydrogens (tertiary/aromatic N) is 1. The molecule has 8 heteroatoms. The van der Waals surface area contributed by atoms with E-state index < -0.39 is 10.4 Å². The van der Waals surface area contributed by atoms with E-state index in [1.165, 1.54) is 0 Å². The lowest BCUT2D eigenvalue weighted by atomic mass is 9.70. The number of phenols is 1. The Balaban J connectivity index is 0.000000353. The first kappa shape index (κ1) is 25.3. The number of carbonyl (C=O) groups excluding carboxylic acids is 1. The summed E-state index contributed by atoms with van der Waals surface area (Å²) in [6.07, 6.45) is 4.13. The maximum absolute atomic E-state index is 12.7. The van der Waals surface area contributed by atoms with E-state index in [-0.39, 0.29) is 16.6 Å². The Hall–Kier alpha value is -1.74. The summed E-state index contributed by atoms with van der Waals surface area (Å²) in [6, 6.07) is 7.04. The summed E-state index contributed by atoms with van der Waals surface area (Å²) in [7, 11) is 2.71. The molecule has 2 aliphatic rings. The summed E-state index contributed by atoms with van der Waals surface area (Å²) in [4.78, 5) is 14.7. The second kappa shape index (κ2) is 9.38. The van der Waals surface area contributed by atoms with Crippen LogP contribution >= 0.6 is 0 Å². The molecule has 29 heavy (non-hydrogen) atoms. The Labute approximate surface area is 174 Å². The second-order valence-electron chi connectivity index (χ2n) is 8.60. The van der Waals surface area contributed by atoms with Crippen molar-refractivity contribution in [2.75, 3.05) is 28.3 Å². The van der Waals surface area contributed by atoms with Crippen LogP contribution in [0.1, 0.15) is 39.2 Å². The first-order valence-electron chi connectivity index (χ1n) is 9.35. The number of rotatable bonds is 2. The number of ketones is 1. The van der Waals surface area contributed by atoms with Crippen molar-refractivity contribution in [2.24, 2.45) is 16.7 Å². The molecule has 0 aliphatic heterocycles. The predicted molar refractivity (Wildman–Crippen MR) is 114 cm³/mol. The van der Waals surface area contributed by atoms with Crippen LogP contribution in [0, 0.1) is 16.7 Å². The minimum absolute atomic E-state index is 0.0623. The van der Waals surface area contributed by atoms with Gasteiger partial charge in [0.1, 0.15) is 5.75 Å². The van der Waals surface area contributed by atoms with Crippen LogP contribution in [0.3, 0.4) is 0 Å². The van der Waals surface area contributed by atoms with Gasteiger partial charge in [-0.25, -0.2) is 0 Å². The van der Waals surface area contributed by atoms with E-state index >= 15 is 0 Å². The summed E-state index contributed by atoms with van der Waals surface area (Å²) < 4.78 is 29.7. The Morgan fingerprint density at radius 2 is 1.59 bits per heavy atom. The molecule has 0 heterocycles. The van der Waals surface area contributed by atoms with Crippen LogP contribution in [0.15, 0.2) is 29.8 Å². The highest BCUT2D eigenvalue weighted by Crippen LogP contribution is 2.65. The van der Waals surface area contributed by atoms with Crippen molar-refractivity contribution in [3.63, 3.8) is 0 Å². The van der Waals surface area contributed by atoms with Gasteiger partial charge in [0.05, 0.1) is 7.11 Å². The lowest BCUT2D eigenvalue weighted by Crippen LogP contribution is -2.32. The number of aromatic hydroxyl groups is 1. The molecule has 0 saturated heterocycles. The Morgan fingerprint density at radius 3 is 1.93 bits per heavy atom. The fourth-order valence-electron chi connectivity index (χ4n) is 3.84. The Morgan fingerprint density at radius 1 is 1.14 bits per heavy atom. The van der Waals surface area contributed by atoms with E-state index in [2.05, 4.69) is 25.0 Å². The first-order chi connectivity index (χ1) is 13.2. The summed E-state index contributed by atoms with van der Waals surface area (Å²) in [5.74, 6) is 0.953. The van der Waals surface area contributed by atoms with Crippen molar-refractivity contribution in [1.29, 1.82) is 0 Å². The van der Waals surface area contributed by atoms with Gasteiger partial charge in [-0.3, -0.25) is 13.5 Å². The summed E-state index contributed by atoms with van der Waals surface area (Å²) in [5.41, 5.74) is 1.84. The van der Waals surface area contributed by atoms with Gasteiger partial charge in [0.2, 0.25) is 0 Å². The lowest BCUT2D eigenvalue weighted by Gasteiger charge is -2.31. The van der Waals surface area contributed by atoms with E-state index in [0.717, 1.165) is 31.1 Å². The molecule has 3 rings (SSSR count). The second-order valence-corrected chi connectivity index (χ2v) is 9.79. The van der Waals surface area contributed by atoms with E-state index in [0.29, 0.717) is 11.7 Å². The molecule has 2 saturated carbocycles. The zero-order valence-electron chi connectivity index (χ0n) is 18.3. The maximum Gasteiger partial charge on any atom is 0.397 e. The van der Waals surface area contributed by atoms with Crippen LogP contribution in [0.25, 0.3) is 6.08 Å². The van der Waals surface area contributed by atoms with Crippen LogP contribution in [-0.4, -0.2) is 57.0 Å². The van der Waals surface area contributed by atoms with Crippen LogP contribution in [0.2, 0.25) is 0 Å².